The predicted molar refractivity (Wildman–Crippen MR) is 84.1 cm³/mol. The van der Waals surface area contributed by atoms with Crippen molar-refractivity contribution in [2.45, 2.75) is 25.8 Å². The van der Waals surface area contributed by atoms with Gasteiger partial charge in [0.25, 0.3) is 11.5 Å². The summed E-state index contributed by atoms with van der Waals surface area (Å²) in [7, 11) is 0. The largest absolute Gasteiger partial charge is 0.347 e. The van der Waals surface area contributed by atoms with E-state index in [0.717, 1.165) is 16.8 Å². The topological polar surface area (TPSA) is 104 Å². The van der Waals surface area contributed by atoms with E-state index < -0.39 is 5.41 Å². The van der Waals surface area contributed by atoms with Crippen molar-refractivity contribution in [2.24, 2.45) is 0 Å². The quantitative estimate of drug-likeness (QED) is 0.784. The third kappa shape index (κ3) is 2.73. The molecule has 0 saturated heterocycles. The first-order valence-electron chi connectivity index (χ1n) is 7.17. The van der Waals surface area contributed by atoms with Crippen LogP contribution in [0.25, 0.3) is 0 Å². The van der Waals surface area contributed by atoms with Crippen molar-refractivity contribution in [1.29, 1.82) is 0 Å². The summed E-state index contributed by atoms with van der Waals surface area (Å²) in [5, 5.41) is 11.5. The van der Waals surface area contributed by atoms with Crippen molar-refractivity contribution in [3.05, 3.63) is 57.5 Å². The number of carbonyl (C=O) groups is 2. The van der Waals surface area contributed by atoms with E-state index in [1.165, 1.54) is 12.1 Å². The summed E-state index contributed by atoms with van der Waals surface area (Å²) in [5.41, 5.74) is 1.79. The number of aromatic nitrogens is 2. The SMILES string of the molecule is CC1(C)C(=O)Nc2ccc(CNC(=O)c3ccc(=O)[nH]n3)cc21. The van der Waals surface area contributed by atoms with Gasteiger partial charge in [-0.1, -0.05) is 12.1 Å². The van der Waals surface area contributed by atoms with E-state index in [9.17, 15) is 14.4 Å². The first-order valence-corrected chi connectivity index (χ1v) is 7.17. The maximum absolute atomic E-state index is 12.0. The zero-order valence-corrected chi connectivity index (χ0v) is 12.8. The summed E-state index contributed by atoms with van der Waals surface area (Å²) in [6.45, 7) is 4.03. The zero-order valence-electron chi connectivity index (χ0n) is 12.8. The average Bonchev–Trinajstić information content (AvgIpc) is 2.75. The molecule has 0 atom stereocenters. The van der Waals surface area contributed by atoms with E-state index in [0.29, 0.717) is 6.54 Å². The molecule has 7 heteroatoms. The van der Waals surface area contributed by atoms with Gasteiger partial charge in [-0.15, -0.1) is 0 Å². The van der Waals surface area contributed by atoms with Crippen LogP contribution in [-0.4, -0.2) is 22.0 Å². The molecule has 1 aromatic carbocycles. The molecule has 0 aliphatic carbocycles. The predicted octanol–water partition coefficient (Wildman–Crippen LogP) is 0.930. The second kappa shape index (κ2) is 5.35. The number of benzene rings is 1. The number of anilines is 1. The normalized spacial score (nSPS) is 15.0. The lowest BCUT2D eigenvalue weighted by molar-refractivity contribution is -0.119. The van der Waals surface area contributed by atoms with Gasteiger partial charge in [-0.25, -0.2) is 5.10 Å². The fourth-order valence-corrected chi connectivity index (χ4v) is 2.47. The van der Waals surface area contributed by atoms with Crippen LogP contribution in [0, 0.1) is 0 Å². The van der Waals surface area contributed by atoms with Gasteiger partial charge in [-0.3, -0.25) is 14.4 Å². The molecule has 118 valence electrons. The van der Waals surface area contributed by atoms with Crippen LogP contribution in [0.15, 0.2) is 35.1 Å². The van der Waals surface area contributed by atoms with E-state index in [2.05, 4.69) is 20.8 Å². The Hall–Kier alpha value is -2.96. The molecule has 23 heavy (non-hydrogen) atoms. The van der Waals surface area contributed by atoms with Gasteiger partial charge < -0.3 is 10.6 Å². The molecule has 1 aromatic heterocycles. The fourth-order valence-electron chi connectivity index (χ4n) is 2.47. The Morgan fingerprint density at radius 2 is 2.00 bits per heavy atom. The third-order valence-electron chi connectivity index (χ3n) is 3.94. The smallest absolute Gasteiger partial charge is 0.271 e. The molecule has 3 N–H and O–H groups in total. The van der Waals surface area contributed by atoms with Gasteiger partial charge in [0.05, 0.1) is 5.41 Å². The highest BCUT2D eigenvalue weighted by Crippen LogP contribution is 2.37. The van der Waals surface area contributed by atoms with Crippen molar-refractivity contribution in [1.82, 2.24) is 15.5 Å². The number of fused-ring (bicyclic) bond motifs is 1. The Kier molecular flexibility index (Phi) is 3.48. The Morgan fingerprint density at radius 1 is 1.22 bits per heavy atom. The van der Waals surface area contributed by atoms with Gasteiger partial charge >= 0.3 is 0 Å². The minimum Gasteiger partial charge on any atom is -0.347 e. The Balaban J connectivity index is 1.74. The summed E-state index contributed by atoms with van der Waals surface area (Å²) in [6.07, 6.45) is 0. The van der Waals surface area contributed by atoms with E-state index in [-0.39, 0.29) is 23.1 Å². The van der Waals surface area contributed by atoms with Gasteiger partial charge in [-0.2, -0.15) is 5.10 Å². The minimum absolute atomic E-state index is 0.0360. The Morgan fingerprint density at radius 3 is 2.70 bits per heavy atom. The van der Waals surface area contributed by atoms with Crippen molar-refractivity contribution in [2.75, 3.05) is 5.32 Å². The summed E-state index contributed by atoms with van der Waals surface area (Å²) in [4.78, 5) is 34.8. The molecule has 0 radical (unpaired) electrons. The van der Waals surface area contributed by atoms with Crippen LogP contribution in [0.2, 0.25) is 0 Å². The summed E-state index contributed by atoms with van der Waals surface area (Å²) in [6, 6.07) is 8.20. The number of H-pyrrole nitrogens is 1. The molecule has 1 aliphatic heterocycles. The minimum atomic E-state index is -0.587. The second-order valence-electron chi connectivity index (χ2n) is 5.95. The first kappa shape index (κ1) is 15.0. The van der Waals surface area contributed by atoms with Crippen LogP contribution in [0.5, 0.6) is 0 Å². The van der Waals surface area contributed by atoms with Crippen molar-refractivity contribution in [3.63, 3.8) is 0 Å². The highest BCUT2D eigenvalue weighted by Gasteiger charge is 2.38. The molecule has 2 amide bonds. The maximum Gasteiger partial charge on any atom is 0.271 e. The number of nitrogens with one attached hydrogen (secondary N) is 3. The monoisotopic (exact) mass is 312 g/mol. The first-order chi connectivity index (χ1) is 10.9. The fraction of sp³-hybridized carbons (Fsp3) is 0.250. The Bertz CT molecular complexity index is 834. The molecule has 2 heterocycles. The molecule has 3 rings (SSSR count). The molecule has 0 spiro atoms. The summed E-state index contributed by atoms with van der Waals surface area (Å²) in [5.74, 6) is -0.415. The lowest BCUT2D eigenvalue weighted by Crippen LogP contribution is -2.27. The van der Waals surface area contributed by atoms with E-state index >= 15 is 0 Å². The van der Waals surface area contributed by atoms with Gasteiger partial charge in [0.2, 0.25) is 5.91 Å². The summed E-state index contributed by atoms with van der Waals surface area (Å²) >= 11 is 0. The third-order valence-corrected chi connectivity index (χ3v) is 3.94. The lowest BCUT2D eigenvalue weighted by Gasteiger charge is -2.16. The molecule has 0 bridgehead atoms. The highest BCUT2D eigenvalue weighted by atomic mass is 16.2. The van der Waals surface area contributed by atoms with Crippen LogP contribution in [0.3, 0.4) is 0 Å². The summed E-state index contributed by atoms with van der Waals surface area (Å²) < 4.78 is 0. The van der Waals surface area contributed by atoms with Crippen LogP contribution < -0.4 is 16.2 Å². The van der Waals surface area contributed by atoms with E-state index in [1.807, 2.05) is 32.0 Å². The maximum atomic E-state index is 12.0. The number of rotatable bonds is 3. The standard InChI is InChI=1S/C16H16N4O3/c1-16(2)10-7-9(3-4-11(10)18-15(16)23)8-17-14(22)12-5-6-13(21)20-19-12/h3-7H,8H2,1-2H3,(H,17,22)(H,18,23)(H,20,21). The van der Waals surface area contributed by atoms with E-state index in [1.54, 1.807) is 0 Å². The number of amides is 2. The van der Waals surface area contributed by atoms with Crippen LogP contribution in [0.1, 0.15) is 35.5 Å². The van der Waals surface area contributed by atoms with E-state index in [4.69, 9.17) is 0 Å². The second-order valence-corrected chi connectivity index (χ2v) is 5.95. The molecule has 0 fully saturated rings. The zero-order chi connectivity index (χ0) is 16.6. The van der Waals surface area contributed by atoms with Crippen molar-refractivity contribution < 1.29 is 9.59 Å². The van der Waals surface area contributed by atoms with Crippen molar-refractivity contribution >= 4 is 17.5 Å². The number of hydrogen-bond acceptors (Lipinski definition) is 4. The molecule has 2 aromatic rings. The number of carbonyl (C=O) groups excluding carboxylic acids is 2. The molecule has 0 unspecified atom stereocenters. The van der Waals surface area contributed by atoms with Crippen LogP contribution in [-0.2, 0) is 16.8 Å². The van der Waals surface area contributed by atoms with Gasteiger partial charge in [-0.05, 0) is 37.1 Å². The Labute approximate surface area is 132 Å². The number of aromatic amines is 1. The highest BCUT2D eigenvalue weighted by molar-refractivity contribution is 6.05. The van der Waals surface area contributed by atoms with Crippen LogP contribution >= 0.6 is 0 Å². The average molecular weight is 312 g/mol. The van der Waals surface area contributed by atoms with Crippen LogP contribution in [0.4, 0.5) is 5.69 Å². The van der Waals surface area contributed by atoms with Gasteiger partial charge in [0.1, 0.15) is 5.69 Å². The molecular weight excluding hydrogens is 296 g/mol. The molecule has 1 aliphatic rings. The molecule has 0 saturated carbocycles. The van der Waals surface area contributed by atoms with Gasteiger partial charge in [0, 0.05) is 18.3 Å². The number of nitrogens with zero attached hydrogens (tertiary/aromatic N) is 1. The number of hydrogen-bond donors (Lipinski definition) is 3. The molecular formula is C16H16N4O3. The van der Waals surface area contributed by atoms with Gasteiger partial charge in [0.15, 0.2) is 0 Å². The lowest BCUT2D eigenvalue weighted by atomic mass is 9.85. The molecule has 7 nitrogen and oxygen atoms in total. The van der Waals surface area contributed by atoms with Crippen molar-refractivity contribution in [3.8, 4) is 0 Å².